The van der Waals surface area contributed by atoms with Crippen LogP contribution in [0.4, 0.5) is 24.7 Å². The molecule has 1 aliphatic carbocycles. The van der Waals surface area contributed by atoms with Crippen LogP contribution >= 0.6 is 0 Å². The number of rotatable bonds is 3. The van der Waals surface area contributed by atoms with Crippen molar-refractivity contribution in [3.8, 4) is 6.07 Å². The molecule has 3 unspecified atom stereocenters. The van der Waals surface area contributed by atoms with Crippen molar-refractivity contribution in [2.24, 2.45) is 11.8 Å². The van der Waals surface area contributed by atoms with Gasteiger partial charge in [-0.1, -0.05) is 18.6 Å². The van der Waals surface area contributed by atoms with Crippen molar-refractivity contribution >= 4 is 17.9 Å². The minimum atomic E-state index is -4.54. The summed E-state index contributed by atoms with van der Waals surface area (Å²) in [5, 5.41) is 9.29. The number of anilines is 2. The van der Waals surface area contributed by atoms with Gasteiger partial charge in [-0.25, -0.2) is 4.98 Å². The summed E-state index contributed by atoms with van der Waals surface area (Å²) in [6, 6.07) is 10.6. The van der Waals surface area contributed by atoms with Crippen molar-refractivity contribution in [3.63, 3.8) is 0 Å². The lowest BCUT2D eigenvalue weighted by Crippen LogP contribution is -2.32. The first-order valence-corrected chi connectivity index (χ1v) is 11.1. The highest BCUT2D eigenvalue weighted by molar-refractivity contribution is 5.74. The third-order valence-corrected chi connectivity index (χ3v) is 6.65. The van der Waals surface area contributed by atoms with Gasteiger partial charge in [-0.2, -0.15) is 18.4 Å². The second-order valence-corrected chi connectivity index (χ2v) is 8.92. The smallest absolute Gasteiger partial charge is 0.352 e. The highest BCUT2D eigenvalue weighted by atomic mass is 19.4. The molecule has 176 valence electrons. The first kappa shape index (κ1) is 24.6. The molecule has 0 radical (unpaired) electrons. The van der Waals surface area contributed by atoms with Gasteiger partial charge in [0.05, 0.1) is 5.56 Å². The van der Waals surface area contributed by atoms with Crippen LogP contribution in [0.15, 0.2) is 30.3 Å². The van der Waals surface area contributed by atoms with Crippen LogP contribution in [0.2, 0.25) is 0 Å². The van der Waals surface area contributed by atoms with Crippen molar-refractivity contribution in [1.82, 2.24) is 4.98 Å². The van der Waals surface area contributed by atoms with E-state index < -0.39 is 11.7 Å². The van der Waals surface area contributed by atoms with Gasteiger partial charge in [0.15, 0.2) is 0 Å². The number of nitriles is 1. The lowest BCUT2D eigenvalue weighted by molar-refractivity contribution is -0.137. The number of pyridine rings is 1. The van der Waals surface area contributed by atoms with Crippen LogP contribution < -0.4 is 9.80 Å². The van der Waals surface area contributed by atoms with Gasteiger partial charge in [0.25, 0.3) is 0 Å². The molecule has 33 heavy (non-hydrogen) atoms. The predicted octanol–water partition coefficient (Wildman–Crippen LogP) is 5.49. The summed E-state index contributed by atoms with van der Waals surface area (Å²) in [6.45, 7) is 6.28. The van der Waals surface area contributed by atoms with Gasteiger partial charge >= 0.3 is 6.18 Å². The Bertz CT molecular complexity index is 1050. The van der Waals surface area contributed by atoms with Crippen LogP contribution in [0.3, 0.4) is 0 Å². The van der Waals surface area contributed by atoms with E-state index in [1.165, 1.54) is 6.42 Å². The SMILES string of the molecule is Cc1cc(C(F)(F)F)c(C#N)c(N2CC3CCCC3C2C)n1.Cc1cccc(N(C)C=O)c1. The molecule has 2 aliphatic rings. The van der Waals surface area contributed by atoms with Gasteiger partial charge in [-0.05, 0) is 69.2 Å². The molecule has 0 N–H and O–H groups in total. The molecule has 2 aromatic rings. The molecule has 1 saturated heterocycles. The molecule has 4 rings (SSSR count). The third kappa shape index (κ3) is 5.29. The largest absolute Gasteiger partial charge is 0.417 e. The monoisotopic (exact) mass is 458 g/mol. The molecule has 5 nitrogen and oxygen atoms in total. The number of hydrogen-bond donors (Lipinski definition) is 0. The standard InChI is InChI=1S/C16H18F3N3.C9H11NO/c1-9-6-14(16(17,18)19)13(7-20)15(21-9)22-8-11-4-3-5-12(11)10(22)2;1-8-4-3-5-9(6-8)10(2)7-11/h6,10-12H,3-5,8H2,1-2H3;3-7H,1-2H3. The van der Waals surface area contributed by atoms with Crippen LogP contribution in [0, 0.1) is 37.0 Å². The van der Waals surface area contributed by atoms with Gasteiger partial charge in [0.2, 0.25) is 6.41 Å². The van der Waals surface area contributed by atoms with E-state index in [4.69, 9.17) is 0 Å². The molecule has 1 aromatic carbocycles. The summed E-state index contributed by atoms with van der Waals surface area (Å²) < 4.78 is 39.6. The topological polar surface area (TPSA) is 60.2 Å². The Hall–Kier alpha value is -3.08. The summed E-state index contributed by atoms with van der Waals surface area (Å²) in [5.74, 6) is 1.22. The van der Waals surface area contributed by atoms with Crippen molar-refractivity contribution in [3.05, 3.63) is 52.7 Å². The Kier molecular flexibility index (Phi) is 7.31. The Balaban J connectivity index is 0.000000235. The number of halogens is 3. The molecule has 2 heterocycles. The average Bonchev–Trinajstić information content (AvgIpc) is 3.35. The van der Waals surface area contributed by atoms with Gasteiger partial charge in [-0.15, -0.1) is 0 Å². The molecule has 8 heteroatoms. The number of amides is 1. The van der Waals surface area contributed by atoms with Crippen LogP contribution in [-0.2, 0) is 11.0 Å². The zero-order valence-electron chi connectivity index (χ0n) is 19.4. The fourth-order valence-corrected chi connectivity index (χ4v) is 4.96. The molecule has 0 bridgehead atoms. The number of benzene rings is 1. The molecule has 1 saturated carbocycles. The first-order chi connectivity index (χ1) is 15.6. The number of aryl methyl sites for hydroxylation is 2. The highest BCUT2D eigenvalue weighted by Gasteiger charge is 2.44. The number of fused-ring (bicyclic) bond motifs is 1. The summed E-state index contributed by atoms with van der Waals surface area (Å²) in [6.07, 6.45) is -0.317. The first-order valence-electron chi connectivity index (χ1n) is 11.1. The normalized spacial score (nSPS) is 21.6. The number of aromatic nitrogens is 1. The third-order valence-electron chi connectivity index (χ3n) is 6.65. The molecular weight excluding hydrogens is 429 g/mol. The Morgan fingerprint density at radius 1 is 1.24 bits per heavy atom. The van der Waals surface area contributed by atoms with Crippen LogP contribution in [0.1, 0.15) is 48.6 Å². The molecule has 1 aliphatic heterocycles. The molecule has 1 aromatic heterocycles. The lowest BCUT2D eigenvalue weighted by Gasteiger charge is -2.27. The summed E-state index contributed by atoms with van der Waals surface area (Å²) in [5.41, 5.74) is 1.17. The lowest BCUT2D eigenvalue weighted by atomic mass is 9.95. The van der Waals surface area contributed by atoms with E-state index in [0.29, 0.717) is 24.1 Å². The maximum absolute atomic E-state index is 13.2. The average molecular weight is 459 g/mol. The van der Waals surface area contributed by atoms with Gasteiger partial charge in [0, 0.05) is 31.0 Å². The second-order valence-electron chi connectivity index (χ2n) is 8.92. The van der Waals surface area contributed by atoms with E-state index in [9.17, 15) is 23.2 Å². The Labute approximate surface area is 192 Å². The van der Waals surface area contributed by atoms with Crippen molar-refractivity contribution < 1.29 is 18.0 Å². The van der Waals surface area contributed by atoms with Crippen LogP contribution in [0.25, 0.3) is 0 Å². The highest BCUT2D eigenvalue weighted by Crippen LogP contribution is 2.45. The van der Waals surface area contributed by atoms with Crippen molar-refractivity contribution in [2.45, 2.75) is 52.3 Å². The number of alkyl halides is 3. The summed E-state index contributed by atoms with van der Waals surface area (Å²) in [4.78, 5) is 18.1. The van der Waals surface area contributed by atoms with Gasteiger partial charge < -0.3 is 9.80 Å². The number of hydrogen-bond acceptors (Lipinski definition) is 4. The van der Waals surface area contributed by atoms with Crippen molar-refractivity contribution in [1.29, 1.82) is 5.26 Å². The predicted molar refractivity (Wildman–Crippen MR) is 122 cm³/mol. The van der Waals surface area contributed by atoms with E-state index >= 15 is 0 Å². The second kappa shape index (κ2) is 9.82. The van der Waals surface area contributed by atoms with Gasteiger partial charge in [-0.3, -0.25) is 4.79 Å². The zero-order chi connectivity index (χ0) is 24.3. The summed E-state index contributed by atoms with van der Waals surface area (Å²) in [7, 11) is 1.74. The van der Waals surface area contributed by atoms with E-state index in [1.54, 1.807) is 24.9 Å². The number of carbonyl (C=O) groups is 1. The molecule has 3 atom stereocenters. The fourth-order valence-electron chi connectivity index (χ4n) is 4.96. The van der Waals surface area contributed by atoms with E-state index in [-0.39, 0.29) is 17.4 Å². The quantitative estimate of drug-likeness (QED) is 0.571. The minimum absolute atomic E-state index is 0.134. The maximum atomic E-state index is 13.2. The summed E-state index contributed by atoms with van der Waals surface area (Å²) >= 11 is 0. The number of nitrogens with zero attached hydrogens (tertiary/aromatic N) is 4. The van der Waals surface area contributed by atoms with Crippen molar-refractivity contribution in [2.75, 3.05) is 23.4 Å². The fraction of sp³-hybridized carbons (Fsp3) is 0.480. The van der Waals surface area contributed by atoms with E-state index in [0.717, 1.165) is 36.6 Å². The van der Waals surface area contributed by atoms with Gasteiger partial charge in [0.1, 0.15) is 17.5 Å². The molecular formula is C25H29F3N4O. The number of carbonyl (C=O) groups excluding carboxylic acids is 1. The molecule has 2 fully saturated rings. The Morgan fingerprint density at radius 3 is 2.55 bits per heavy atom. The minimum Gasteiger partial charge on any atom is -0.352 e. The maximum Gasteiger partial charge on any atom is 0.417 e. The van der Waals surface area contributed by atoms with E-state index in [1.807, 2.05) is 43.0 Å². The zero-order valence-corrected chi connectivity index (χ0v) is 19.4. The van der Waals surface area contributed by atoms with Crippen LogP contribution in [-0.4, -0.2) is 31.0 Å². The van der Waals surface area contributed by atoms with E-state index in [2.05, 4.69) is 4.98 Å². The Morgan fingerprint density at radius 2 is 1.97 bits per heavy atom. The molecule has 1 amide bonds. The van der Waals surface area contributed by atoms with Crippen LogP contribution in [0.5, 0.6) is 0 Å². The molecule has 0 spiro atoms.